The fourth-order valence-corrected chi connectivity index (χ4v) is 3.93. The Morgan fingerprint density at radius 3 is 2.45 bits per heavy atom. The third kappa shape index (κ3) is 4.42. The first-order valence-corrected chi connectivity index (χ1v) is 10.7. The van der Waals surface area contributed by atoms with Gasteiger partial charge in [0, 0.05) is 11.4 Å². The molecule has 0 fully saturated rings. The van der Waals surface area contributed by atoms with Crippen molar-refractivity contribution in [2.75, 3.05) is 24.8 Å². The SMILES string of the molecule is Clc1ccc(C2CC(c3ccc(OCC4=NCCO4)cc3)=NN2c2ccccc2)cc1. The summed E-state index contributed by atoms with van der Waals surface area (Å²) in [5.41, 5.74) is 4.37. The van der Waals surface area contributed by atoms with Crippen molar-refractivity contribution in [3.8, 4) is 5.75 Å². The van der Waals surface area contributed by atoms with Crippen molar-refractivity contribution in [1.82, 2.24) is 0 Å². The number of halogens is 1. The van der Waals surface area contributed by atoms with Gasteiger partial charge in [0.2, 0.25) is 5.90 Å². The lowest BCUT2D eigenvalue weighted by Gasteiger charge is -2.24. The summed E-state index contributed by atoms with van der Waals surface area (Å²) in [6.07, 6.45) is 0.807. The molecular weight excluding hydrogens is 410 g/mol. The summed E-state index contributed by atoms with van der Waals surface area (Å²) in [4.78, 5) is 4.25. The number of hydrogen-bond donors (Lipinski definition) is 0. The van der Waals surface area contributed by atoms with Crippen molar-refractivity contribution < 1.29 is 9.47 Å². The van der Waals surface area contributed by atoms with Gasteiger partial charge in [0.05, 0.1) is 24.0 Å². The second-order valence-electron chi connectivity index (χ2n) is 7.44. The molecule has 5 rings (SSSR count). The van der Waals surface area contributed by atoms with Crippen LogP contribution < -0.4 is 9.75 Å². The topological polar surface area (TPSA) is 46.4 Å². The molecule has 2 aliphatic rings. The summed E-state index contributed by atoms with van der Waals surface area (Å²) >= 11 is 6.11. The van der Waals surface area contributed by atoms with Crippen molar-refractivity contribution in [1.29, 1.82) is 0 Å². The zero-order valence-electron chi connectivity index (χ0n) is 16.9. The summed E-state index contributed by atoms with van der Waals surface area (Å²) in [6.45, 7) is 1.72. The number of benzene rings is 3. The lowest BCUT2D eigenvalue weighted by molar-refractivity contribution is 0.293. The van der Waals surface area contributed by atoms with Gasteiger partial charge < -0.3 is 9.47 Å². The fraction of sp³-hybridized carbons (Fsp3) is 0.200. The third-order valence-electron chi connectivity index (χ3n) is 5.38. The van der Waals surface area contributed by atoms with E-state index in [0.717, 1.165) is 34.2 Å². The van der Waals surface area contributed by atoms with Crippen LogP contribution in [-0.2, 0) is 4.74 Å². The second kappa shape index (κ2) is 8.82. The van der Waals surface area contributed by atoms with Crippen LogP contribution in [0, 0.1) is 0 Å². The largest absolute Gasteiger partial charge is 0.484 e. The Balaban J connectivity index is 1.37. The van der Waals surface area contributed by atoms with Crippen molar-refractivity contribution >= 4 is 28.9 Å². The lowest BCUT2D eigenvalue weighted by Crippen LogP contribution is -2.18. The average molecular weight is 432 g/mol. The molecule has 0 N–H and O–H groups in total. The summed E-state index contributed by atoms with van der Waals surface area (Å²) in [7, 11) is 0. The zero-order chi connectivity index (χ0) is 21.0. The van der Waals surface area contributed by atoms with E-state index in [1.807, 2.05) is 42.5 Å². The molecule has 2 heterocycles. The molecular formula is C25H22ClN3O2. The van der Waals surface area contributed by atoms with Crippen molar-refractivity contribution in [2.24, 2.45) is 10.1 Å². The summed E-state index contributed by atoms with van der Waals surface area (Å²) < 4.78 is 11.2. The summed E-state index contributed by atoms with van der Waals surface area (Å²) in [6, 6.07) is 26.4. The maximum absolute atomic E-state index is 6.11. The number of aliphatic imine (C=N–C) groups is 1. The smallest absolute Gasteiger partial charge is 0.222 e. The number of nitrogens with zero attached hydrogens (tertiary/aromatic N) is 3. The van der Waals surface area contributed by atoms with E-state index in [0.29, 0.717) is 25.7 Å². The highest BCUT2D eigenvalue weighted by atomic mass is 35.5. The van der Waals surface area contributed by atoms with Crippen LogP contribution in [0.15, 0.2) is 89.0 Å². The molecule has 0 saturated heterocycles. The van der Waals surface area contributed by atoms with Crippen LogP contribution in [0.3, 0.4) is 0 Å². The van der Waals surface area contributed by atoms with Crippen LogP contribution in [0.4, 0.5) is 5.69 Å². The minimum Gasteiger partial charge on any atom is -0.484 e. The lowest BCUT2D eigenvalue weighted by atomic mass is 9.98. The van der Waals surface area contributed by atoms with Crippen LogP contribution in [0.5, 0.6) is 5.75 Å². The molecule has 3 aromatic carbocycles. The fourth-order valence-electron chi connectivity index (χ4n) is 3.80. The van der Waals surface area contributed by atoms with E-state index in [4.69, 9.17) is 26.2 Å². The first-order valence-electron chi connectivity index (χ1n) is 10.3. The van der Waals surface area contributed by atoms with E-state index >= 15 is 0 Å². The van der Waals surface area contributed by atoms with Gasteiger partial charge in [-0.1, -0.05) is 41.9 Å². The van der Waals surface area contributed by atoms with Gasteiger partial charge in [0.15, 0.2) is 6.61 Å². The molecule has 3 aromatic rings. The molecule has 6 heteroatoms. The first kappa shape index (κ1) is 19.6. The normalized spacial score (nSPS) is 17.8. The molecule has 0 saturated carbocycles. The van der Waals surface area contributed by atoms with Crippen LogP contribution in [0.25, 0.3) is 0 Å². The van der Waals surface area contributed by atoms with Crippen LogP contribution >= 0.6 is 11.6 Å². The van der Waals surface area contributed by atoms with Gasteiger partial charge in [-0.05, 0) is 59.7 Å². The van der Waals surface area contributed by atoms with Gasteiger partial charge in [0.1, 0.15) is 12.4 Å². The highest BCUT2D eigenvalue weighted by Crippen LogP contribution is 2.37. The summed E-state index contributed by atoms with van der Waals surface area (Å²) in [5.74, 6) is 1.45. The van der Waals surface area contributed by atoms with Crippen LogP contribution in [0.2, 0.25) is 5.02 Å². The Labute approximate surface area is 186 Å². The minimum absolute atomic E-state index is 0.114. The predicted molar refractivity (Wildman–Crippen MR) is 124 cm³/mol. The van der Waals surface area contributed by atoms with Crippen LogP contribution in [0.1, 0.15) is 23.6 Å². The Hall–Kier alpha value is -3.31. The molecule has 0 spiro atoms. The van der Waals surface area contributed by atoms with Gasteiger partial charge in [-0.2, -0.15) is 5.10 Å². The Kier molecular flexibility index (Phi) is 5.59. The monoisotopic (exact) mass is 431 g/mol. The first-order chi connectivity index (χ1) is 15.3. The molecule has 5 nitrogen and oxygen atoms in total. The Bertz CT molecular complexity index is 1100. The Morgan fingerprint density at radius 1 is 0.968 bits per heavy atom. The average Bonchev–Trinajstić information content (AvgIpc) is 3.50. The van der Waals surface area contributed by atoms with E-state index in [2.05, 4.69) is 46.4 Å². The van der Waals surface area contributed by atoms with E-state index < -0.39 is 0 Å². The highest BCUT2D eigenvalue weighted by Gasteiger charge is 2.29. The highest BCUT2D eigenvalue weighted by molar-refractivity contribution is 6.30. The molecule has 0 aliphatic carbocycles. The van der Waals surface area contributed by atoms with E-state index in [1.54, 1.807) is 0 Å². The number of hydrogen-bond acceptors (Lipinski definition) is 5. The molecule has 0 amide bonds. The standard InChI is InChI=1S/C25H22ClN3O2/c26-20-10-6-19(7-11-20)24-16-23(28-29(24)21-4-2-1-3-5-21)18-8-12-22(13-9-18)31-17-25-27-14-15-30-25/h1-13,24H,14-17H2. The predicted octanol–water partition coefficient (Wildman–Crippen LogP) is 5.50. The quantitative estimate of drug-likeness (QED) is 0.517. The molecule has 1 atom stereocenters. The van der Waals surface area contributed by atoms with Crippen molar-refractivity contribution in [3.05, 3.63) is 95.0 Å². The van der Waals surface area contributed by atoms with E-state index in [-0.39, 0.29) is 6.04 Å². The molecule has 2 aliphatic heterocycles. The maximum atomic E-state index is 6.11. The molecule has 0 radical (unpaired) electrons. The van der Waals surface area contributed by atoms with Gasteiger partial charge in [-0.3, -0.25) is 5.01 Å². The molecule has 1 unspecified atom stereocenters. The molecule has 0 aromatic heterocycles. The number of hydrazone groups is 1. The number of anilines is 1. The second-order valence-corrected chi connectivity index (χ2v) is 7.87. The van der Waals surface area contributed by atoms with Gasteiger partial charge in [-0.25, -0.2) is 4.99 Å². The van der Waals surface area contributed by atoms with E-state index in [1.165, 1.54) is 5.56 Å². The van der Waals surface area contributed by atoms with Crippen LogP contribution in [-0.4, -0.2) is 31.4 Å². The van der Waals surface area contributed by atoms with Gasteiger partial charge in [-0.15, -0.1) is 0 Å². The van der Waals surface area contributed by atoms with Gasteiger partial charge in [0.25, 0.3) is 0 Å². The zero-order valence-corrected chi connectivity index (χ0v) is 17.7. The number of rotatable bonds is 6. The van der Waals surface area contributed by atoms with E-state index in [9.17, 15) is 0 Å². The maximum Gasteiger partial charge on any atom is 0.222 e. The Morgan fingerprint density at radius 2 is 1.74 bits per heavy atom. The summed E-state index contributed by atoms with van der Waals surface area (Å²) in [5, 5.41) is 7.82. The van der Waals surface area contributed by atoms with Crippen molar-refractivity contribution in [3.63, 3.8) is 0 Å². The third-order valence-corrected chi connectivity index (χ3v) is 5.64. The van der Waals surface area contributed by atoms with Crippen molar-refractivity contribution in [2.45, 2.75) is 12.5 Å². The van der Waals surface area contributed by atoms with Gasteiger partial charge >= 0.3 is 0 Å². The molecule has 0 bridgehead atoms. The molecule has 156 valence electrons. The number of ether oxygens (including phenoxy) is 2. The number of para-hydroxylation sites is 1. The minimum atomic E-state index is 0.114. The molecule has 31 heavy (non-hydrogen) atoms.